The molecule has 0 aliphatic carbocycles. The molecule has 2 aliphatic heterocycles. The number of carbonyl (C=O) groups is 3. The Kier molecular flexibility index (Phi) is 11.2. The molecule has 57 heavy (non-hydrogen) atoms. The van der Waals surface area contributed by atoms with Crippen molar-refractivity contribution < 1.29 is 23.9 Å². The molecule has 0 bridgehead atoms. The van der Waals surface area contributed by atoms with E-state index in [1.807, 2.05) is 60.7 Å². The van der Waals surface area contributed by atoms with Gasteiger partial charge in [0.1, 0.15) is 24.1 Å². The van der Waals surface area contributed by atoms with Gasteiger partial charge in [0.2, 0.25) is 12.0 Å². The first-order chi connectivity index (χ1) is 27.7. The highest BCUT2D eigenvalue weighted by molar-refractivity contribution is 6.42. The van der Waals surface area contributed by atoms with Gasteiger partial charge in [-0.2, -0.15) is 0 Å². The number of benzene rings is 6. The van der Waals surface area contributed by atoms with E-state index in [0.29, 0.717) is 63.0 Å². The number of anilines is 1. The highest BCUT2D eigenvalue weighted by Gasteiger charge is 2.37. The van der Waals surface area contributed by atoms with Crippen LogP contribution in [-0.2, 0) is 35.6 Å². The van der Waals surface area contributed by atoms with Crippen LogP contribution in [0.4, 0.5) is 5.69 Å². The SMILES string of the molecule is O=C1Nc2cc3c(cc2OC1c1ccc(OCc2ccc(Cl)c(Cl)c2)cc1)CN(C(=O)c1ccccc1)C(C(=O)NCCc1ccc(-c2ccc(Cl)cc2)cc1)C3. The third-order valence-electron chi connectivity index (χ3n) is 10.2. The topological polar surface area (TPSA) is 97.0 Å². The third-order valence-corrected chi connectivity index (χ3v) is 11.2. The minimum atomic E-state index is -0.905. The first-order valence-electron chi connectivity index (χ1n) is 18.5. The Labute approximate surface area is 345 Å². The lowest BCUT2D eigenvalue weighted by molar-refractivity contribution is -0.126. The smallest absolute Gasteiger partial charge is 0.270 e. The van der Waals surface area contributed by atoms with Crippen LogP contribution in [0.15, 0.2) is 133 Å². The van der Waals surface area contributed by atoms with Gasteiger partial charge < -0.3 is 25.0 Å². The molecule has 2 aliphatic rings. The molecule has 2 atom stereocenters. The molecule has 2 unspecified atom stereocenters. The number of hydrogen-bond acceptors (Lipinski definition) is 5. The fourth-order valence-electron chi connectivity index (χ4n) is 7.09. The van der Waals surface area contributed by atoms with E-state index in [1.165, 1.54) is 0 Å². The van der Waals surface area contributed by atoms with Crippen LogP contribution in [0, 0.1) is 0 Å². The molecular weight excluding hydrogens is 781 g/mol. The summed E-state index contributed by atoms with van der Waals surface area (Å²) in [6.45, 7) is 0.880. The fraction of sp³-hybridized carbons (Fsp3) is 0.152. The normalized spacial score (nSPS) is 15.8. The number of halogens is 3. The van der Waals surface area contributed by atoms with Crippen molar-refractivity contribution >= 4 is 58.2 Å². The molecule has 6 aromatic carbocycles. The first-order valence-corrected chi connectivity index (χ1v) is 19.6. The van der Waals surface area contributed by atoms with Crippen molar-refractivity contribution in [3.8, 4) is 22.6 Å². The van der Waals surface area contributed by atoms with Crippen molar-refractivity contribution in [1.29, 1.82) is 0 Å². The predicted molar refractivity (Wildman–Crippen MR) is 223 cm³/mol. The van der Waals surface area contributed by atoms with Gasteiger partial charge in [0.05, 0.1) is 15.7 Å². The quantitative estimate of drug-likeness (QED) is 0.144. The van der Waals surface area contributed by atoms with Crippen LogP contribution in [0.25, 0.3) is 11.1 Å². The summed E-state index contributed by atoms with van der Waals surface area (Å²) in [6, 6.07) is 40.3. The van der Waals surface area contributed by atoms with Crippen LogP contribution in [0.5, 0.6) is 11.5 Å². The Bertz CT molecular complexity index is 2440. The maximum atomic E-state index is 14.0. The lowest BCUT2D eigenvalue weighted by Gasteiger charge is -2.37. The zero-order valence-corrected chi connectivity index (χ0v) is 32.8. The zero-order chi connectivity index (χ0) is 39.5. The molecule has 0 fully saturated rings. The van der Waals surface area contributed by atoms with Gasteiger partial charge in [-0.3, -0.25) is 14.4 Å². The summed E-state index contributed by atoms with van der Waals surface area (Å²) in [5.74, 6) is 0.284. The van der Waals surface area contributed by atoms with Gasteiger partial charge in [-0.15, -0.1) is 0 Å². The molecular formula is C46H36Cl3N3O5. The minimum absolute atomic E-state index is 0.188. The van der Waals surface area contributed by atoms with Crippen LogP contribution in [0.3, 0.4) is 0 Å². The summed E-state index contributed by atoms with van der Waals surface area (Å²) in [6.07, 6.45) is -0.0153. The van der Waals surface area contributed by atoms with Crippen LogP contribution in [-0.4, -0.2) is 35.2 Å². The molecule has 11 heteroatoms. The number of hydrogen-bond donors (Lipinski definition) is 2. The fourth-order valence-corrected chi connectivity index (χ4v) is 7.54. The lowest BCUT2D eigenvalue weighted by Crippen LogP contribution is -2.52. The largest absolute Gasteiger partial charge is 0.489 e. The molecule has 8 nitrogen and oxygen atoms in total. The number of amides is 3. The zero-order valence-electron chi connectivity index (χ0n) is 30.5. The van der Waals surface area contributed by atoms with E-state index in [0.717, 1.165) is 33.4 Å². The first kappa shape index (κ1) is 38.1. The summed E-state index contributed by atoms with van der Waals surface area (Å²) in [4.78, 5) is 42.9. The molecule has 286 valence electrons. The highest BCUT2D eigenvalue weighted by Crippen LogP contribution is 2.40. The molecule has 6 aromatic rings. The Balaban J connectivity index is 0.956. The van der Waals surface area contributed by atoms with Crippen molar-refractivity contribution in [1.82, 2.24) is 10.2 Å². The van der Waals surface area contributed by atoms with Crippen LogP contribution >= 0.6 is 34.8 Å². The average molecular weight is 817 g/mol. The average Bonchev–Trinajstić information content (AvgIpc) is 3.23. The number of carbonyl (C=O) groups excluding carboxylic acids is 3. The van der Waals surface area contributed by atoms with Gasteiger partial charge in [-0.25, -0.2) is 0 Å². The molecule has 0 radical (unpaired) electrons. The molecule has 2 N–H and O–H groups in total. The van der Waals surface area contributed by atoms with Gasteiger partial charge in [0, 0.05) is 35.7 Å². The number of ether oxygens (including phenoxy) is 2. The second-order valence-electron chi connectivity index (χ2n) is 14.0. The molecule has 0 saturated heterocycles. The Morgan fingerprint density at radius 2 is 1.47 bits per heavy atom. The van der Waals surface area contributed by atoms with E-state index < -0.39 is 12.1 Å². The van der Waals surface area contributed by atoms with E-state index in [4.69, 9.17) is 44.3 Å². The molecule has 2 heterocycles. The number of rotatable bonds is 10. The summed E-state index contributed by atoms with van der Waals surface area (Å²) in [5.41, 5.74) is 7.43. The maximum Gasteiger partial charge on any atom is 0.270 e. The van der Waals surface area contributed by atoms with E-state index in [2.05, 4.69) is 22.8 Å². The maximum absolute atomic E-state index is 14.0. The van der Waals surface area contributed by atoms with E-state index in [1.54, 1.807) is 65.6 Å². The van der Waals surface area contributed by atoms with Crippen molar-refractivity contribution in [3.05, 3.63) is 182 Å². The van der Waals surface area contributed by atoms with Crippen LogP contribution in [0.1, 0.15) is 44.3 Å². The Morgan fingerprint density at radius 3 is 2.19 bits per heavy atom. The molecule has 0 spiro atoms. The molecule has 0 aromatic heterocycles. The Morgan fingerprint density at radius 1 is 0.772 bits per heavy atom. The molecule has 3 amide bonds. The third kappa shape index (κ3) is 8.64. The van der Waals surface area contributed by atoms with E-state index in [9.17, 15) is 14.4 Å². The number of fused-ring (bicyclic) bond motifs is 2. The molecule has 0 saturated carbocycles. The second kappa shape index (κ2) is 16.7. The summed E-state index contributed by atoms with van der Waals surface area (Å²) < 4.78 is 12.2. The van der Waals surface area contributed by atoms with E-state index in [-0.39, 0.29) is 30.7 Å². The Hall–Kier alpha value is -5.80. The molecule has 8 rings (SSSR count). The summed E-state index contributed by atoms with van der Waals surface area (Å²) in [7, 11) is 0. The summed E-state index contributed by atoms with van der Waals surface area (Å²) >= 11 is 18.2. The van der Waals surface area contributed by atoms with Gasteiger partial charge in [0.25, 0.3) is 11.8 Å². The predicted octanol–water partition coefficient (Wildman–Crippen LogP) is 9.89. The van der Waals surface area contributed by atoms with E-state index >= 15 is 0 Å². The monoisotopic (exact) mass is 815 g/mol. The minimum Gasteiger partial charge on any atom is -0.489 e. The van der Waals surface area contributed by atoms with Gasteiger partial charge >= 0.3 is 0 Å². The van der Waals surface area contributed by atoms with Crippen molar-refractivity contribution in [3.63, 3.8) is 0 Å². The van der Waals surface area contributed by atoms with Crippen molar-refractivity contribution in [2.75, 3.05) is 11.9 Å². The summed E-state index contributed by atoms with van der Waals surface area (Å²) in [5, 5.41) is 7.69. The number of nitrogens with zero attached hydrogens (tertiary/aromatic N) is 1. The van der Waals surface area contributed by atoms with Crippen LogP contribution < -0.4 is 20.1 Å². The van der Waals surface area contributed by atoms with Crippen LogP contribution in [0.2, 0.25) is 15.1 Å². The van der Waals surface area contributed by atoms with Gasteiger partial charge in [-0.1, -0.05) is 108 Å². The highest BCUT2D eigenvalue weighted by atomic mass is 35.5. The van der Waals surface area contributed by atoms with Crippen molar-refractivity contribution in [2.45, 2.75) is 38.1 Å². The van der Waals surface area contributed by atoms with Crippen molar-refractivity contribution in [2.24, 2.45) is 0 Å². The van der Waals surface area contributed by atoms with Gasteiger partial charge in [0.15, 0.2) is 0 Å². The van der Waals surface area contributed by atoms with Gasteiger partial charge in [-0.05, 0) is 100 Å². The standard InChI is InChI=1S/C46H36Cl3N3O5/c47-36-15-11-31(12-16-36)30-9-6-28(7-10-30)20-21-50-44(53)41-24-34-23-40-42(25-35(34)26-52(41)46(55)33-4-2-1-3-5-33)57-43(45(54)51-40)32-13-17-37(18-14-32)56-27-29-8-19-38(48)39(49)22-29/h1-19,22-23,25,41,43H,20-21,24,26-27H2,(H,50,53)(H,51,54). The second-order valence-corrected chi connectivity index (χ2v) is 15.2. The lowest BCUT2D eigenvalue weighted by atomic mass is 9.91. The number of nitrogens with one attached hydrogen (secondary N) is 2.